The molecule has 2 rings (SSSR count). The van der Waals surface area contributed by atoms with Gasteiger partial charge in [-0.1, -0.05) is 13.0 Å². The maximum atomic E-state index is 4.79. The van der Waals surface area contributed by atoms with E-state index in [2.05, 4.69) is 60.8 Å². The van der Waals surface area contributed by atoms with E-state index in [1.807, 2.05) is 18.4 Å². The van der Waals surface area contributed by atoms with Crippen LogP contribution in [-0.2, 0) is 19.4 Å². The Hall–Kier alpha value is -1.39. The third-order valence-corrected chi connectivity index (χ3v) is 4.67. The van der Waals surface area contributed by atoms with Gasteiger partial charge in [-0.15, -0.1) is 11.3 Å². The Morgan fingerprint density at radius 3 is 2.81 bits per heavy atom. The molecule has 0 aliphatic carbocycles. The molecule has 0 bridgehead atoms. The highest BCUT2D eigenvalue weighted by atomic mass is 32.1. The molecule has 21 heavy (non-hydrogen) atoms. The Morgan fingerprint density at radius 1 is 1.38 bits per heavy atom. The fraction of sp³-hybridized carbons (Fsp3) is 0.471. The summed E-state index contributed by atoms with van der Waals surface area (Å²) in [5.74, 6) is 1.07. The maximum absolute atomic E-state index is 4.79. The summed E-state index contributed by atoms with van der Waals surface area (Å²) in [7, 11) is 4.12. The van der Waals surface area contributed by atoms with Crippen LogP contribution in [0.25, 0.3) is 0 Å². The lowest BCUT2D eigenvalue weighted by Crippen LogP contribution is -2.31. The summed E-state index contributed by atoms with van der Waals surface area (Å²) >= 11 is 1.83. The highest BCUT2D eigenvalue weighted by Gasteiger charge is 2.14. The highest BCUT2D eigenvalue weighted by molar-refractivity contribution is 7.09. The van der Waals surface area contributed by atoms with Gasteiger partial charge in [-0.3, -0.25) is 0 Å². The maximum Gasteiger partial charge on any atom is 0.129 e. The van der Waals surface area contributed by atoms with Crippen LogP contribution in [0, 0.1) is 0 Å². The number of pyridine rings is 1. The van der Waals surface area contributed by atoms with E-state index in [0.29, 0.717) is 6.04 Å². The molecule has 0 aliphatic rings. The molecule has 0 spiro atoms. The van der Waals surface area contributed by atoms with Crippen molar-refractivity contribution in [3.05, 3.63) is 45.8 Å². The second-order valence-corrected chi connectivity index (χ2v) is 6.48. The van der Waals surface area contributed by atoms with Gasteiger partial charge in [-0.2, -0.15) is 0 Å². The lowest BCUT2D eigenvalue weighted by Gasteiger charge is -2.26. The minimum Gasteiger partial charge on any atom is -0.357 e. The Morgan fingerprint density at radius 2 is 2.19 bits per heavy atom. The van der Waals surface area contributed by atoms with Crippen molar-refractivity contribution < 1.29 is 0 Å². The van der Waals surface area contributed by atoms with Gasteiger partial charge in [0.25, 0.3) is 0 Å². The molecule has 1 unspecified atom stereocenters. The molecule has 114 valence electrons. The number of likely N-dealkylation sites (N-methyl/N-ethyl adjacent to an activating group) is 1. The first-order valence-electron chi connectivity index (χ1n) is 7.53. The molecule has 0 aromatic carbocycles. The molecule has 0 saturated carbocycles. The van der Waals surface area contributed by atoms with Gasteiger partial charge in [0, 0.05) is 36.6 Å². The first-order chi connectivity index (χ1) is 10.1. The predicted molar refractivity (Wildman–Crippen MR) is 92.3 cm³/mol. The fourth-order valence-corrected chi connectivity index (χ4v) is 3.21. The van der Waals surface area contributed by atoms with Crippen molar-refractivity contribution >= 4 is 17.2 Å². The zero-order chi connectivity index (χ0) is 15.2. The summed E-state index contributed by atoms with van der Waals surface area (Å²) in [4.78, 5) is 8.50. The Balaban J connectivity index is 2.16. The molecule has 0 saturated heterocycles. The quantitative estimate of drug-likeness (QED) is 0.848. The van der Waals surface area contributed by atoms with Crippen molar-refractivity contribution in [1.29, 1.82) is 0 Å². The van der Waals surface area contributed by atoms with Crippen molar-refractivity contribution in [2.45, 2.75) is 39.3 Å². The molecule has 0 fully saturated rings. The number of aryl methyl sites for hydroxylation is 1. The van der Waals surface area contributed by atoms with Gasteiger partial charge in [0.05, 0.1) is 0 Å². The summed E-state index contributed by atoms with van der Waals surface area (Å²) in [5, 5.41) is 5.36. The molecule has 0 radical (unpaired) electrons. The van der Waals surface area contributed by atoms with E-state index in [1.165, 1.54) is 10.4 Å². The van der Waals surface area contributed by atoms with Crippen LogP contribution in [0.5, 0.6) is 0 Å². The van der Waals surface area contributed by atoms with Crippen molar-refractivity contribution in [2.24, 2.45) is 0 Å². The first kappa shape index (κ1) is 16.0. The van der Waals surface area contributed by atoms with Crippen LogP contribution in [0.4, 0.5) is 5.82 Å². The molecule has 4 heteroatoms. The van der Waals surface area contributed by atoms with Crippen molar-refractivity contribution in [1.82, 2.24) is 10.3 Å². The molecule has 0 aliphatic heterocycles. The number of rotatable bonds is 7. The van der Waals surface area contributed by atoms with Gasteiger partial charge >= 0.3 is 0 Å². The van der Waals surface area contributed by atoms with E-state index in [9.17, 15) is 0 Å². The summed E-state index contributed by atoms with van der Waals surface area (Å²) in [5.41, 5.74) is 2.46. The molecular formula is C17H25N3S. The van der Waals surface area contributed by atoms with Gasteiger partial charge in [0.15, 0.2) is 0 Å². The summed E-state index contributed by atoms with van der Waals surface area (Å²) in [6.45, 7) is 5.30. The molecule has 3 nitrogen and oxygen atoms in total. The number of thiophene rings is 1. The standard InChI is InChI=1S/C17H25N3S/c1-5-15-10-14(12-18-3)11-17(19-15)20(4)13(2)9-16-7-6-8-21-16/h6-8,10-11,13,18H,5,9,12H2,1-4H3. The lowest BCUT2D eigenvalue weighted by molar-refractivity contribution is 0.677. The number of hydrogen-bond acceptors (Lipinski definition) is 4. The van der Waals surface area contributed by atoms with Crippen LogP contribution in [-0.4, -0.2) is 25.1 Å². The first-order valence-corrected chi connectivity index (χ1v) is 8.41. The smallest absolute Gasteiger partial charge is 0.129 e. The summed E-state index contributed by atoms with van der Waals surface area (Å²) in [6.07, 6.45) is 2.03. The van der Waals surface area contributed by atoms with Crippen LogP contribution in [0.1, 0.15) is 30.0 Å². The minimum absolute atomic E-state index is 0.436. The Labute approximate surface area is 132 Å². The van der Waals surface area contributed by atoms with E-state index in [-0.39, 0.29) is 0 Å². The molecule has 0 amide bonds. The Kier molecular flexibility index (Phi) is 5.76. The van der Waals surface area contributed by atoms with Crippen LogP contribution in [0.15, 0.2) is 29.6 Å². The number of nitrogens with one attached hydrogen (secondary N) is 1. The van der Waals surface area contributed by atoms with E-state index < -0.39 is 0 Å². The third kappa shape index (κ3) is 4.29. The molecular weight excluding hydrogens is 278 g/mol. The molecule has 1 N–H and O–H groups in total. The third-order valence-electron chi connectivity index (χ3n) is 3.77. The molecule has 2 aromatic heterocycles. The monoisotopic (exact) mass is 303 g/mol. The zero-order valence-corrected chi connectivity index (χ0v) is 14.2. The van der Waals surface area contributed by atoms with Crippen molar-refractivity contribution in [2.75, 3.05) is 19.0 Å². The zero-order valence-electron chi connectivity index (χ0n) is 13.4. The summed E-state index contributed by atoms with van der Waals surface area (Å²) < 4.78 is 0. The normalized spacial score (nSPS) is 12.4. The average molecular weight is 303 g/mol. The van der Waals surface area contributed by atoms with Crippen LogP contribution in [0.3, 0.4) is 0 Å². The van der Waals surface area contributed by atoms with Crippen LogP contribution >= 0.6 is 11.3 Å². The van der Waals surface area contributed by atoms with E-state index in [4.69, 9.17) is 4.98 Å². The number of anilines is 1. The van der Waals surface area contributed by atoms with E-state index in [0.717, 1.165) is 30.9 Å². The summed E-state index contributed by atoms with van der Waals surface area (Å²) in [6, 6.07) is 9.15. The SMILES string of the molecule is CCc1cc(CNC)cc(N(C)C(C)Cc2cccs2)n1. The van der Waals surface area contributed by atoms with Crippen molar-refractivity contribution in [3.63, 3.8) is 0 Å². The van der Waals surface area contributed by atoms with Crippen molar-refractivity contribution in [3.8, 4) is 0 Å². The second kappa shape index (κ2) is 7.57. The van der Waals surface area contributed by atoms with Crippen LogP contribution in [0.2, 0.25) is 0 Å². The molecule has 2 aromatic rings. The van der Waals surface area contributed by atoms with E-state index in [1.54, 1.807) is 0 Å². The molecule has 2 heterocycles. The van der Waals surface area contributed by atoms with Gasteiger partial charge in [0.2, 0.25) is 0 Å². The largest absolute Gasteiger partial charge is 0.357 e. The molecule has 1 atom stereocenters. The van der Waals surface area contributed by atoms with Gasteiger partial charge in [0.1, 0.15) is 5.82 Å². The second-order valence-electron chi connectivity index (χ2n) is 5.45. The average Bonchev–Trinajstić information content (AvgIpc) is 2.99. The minimum atomic E-state index is 0.436. The topological polar surface area (TPSA) is 28.2 Å². The fourth-order valence-electron chi connectivity index (χ4n) is 2.38. The number of aromatic nitrogens is 1. The van der Waals surface area contributed by atoms with Gasteiger partial charge in [-0.05, 0) is 49.5 Å². The van der Waals surface area contributed by atoms with Gasteiger partial charge < -0.3 is 10.2 Å². The van der Waals surface area contributed by atoms with Gasteiger partial charge in [-0.25, -0.2) is 4.98 Å². The Bertz CT molecular complexity index is 551. The van der Waals surface area contributed by atoms with E-state index >= 15 is 0 Å². The lowest BCUT2D eigenvalue weighted by atomic mass is 10.1. The predicted octanol–water partition coefficient (Wildman–Crippen LogP) is 3.49. The number of hydrogen-bond donors (Lipinski definition) is 1. The van der Waals surface area contributed by atoms with Crippen LogP contribution < -0.4 is 10.2 Å². The number of nitrogens with zero attached hydrogens (tertiary/aromatic N) is 2. The highest BCUT2D eigenvalue weighted by Crippen LogP contribution is 2.20.